The van der Waals surface area contributed by atoms with E-state index in [1.807, 2.05) is 19.9 Å². The molecule has 0 aliphatic heterocycles. The van der Waals surface area contributed by atoms with Gasteiger partial charge in [0.05, 0.1) is 24.8 Å². The second-order valence-electron chi connectivity index (χ2n) is 5.66. The Morgan fingerprint density at radius 3 is 2.28 bits per heavy atom. The SMILES string of the molecule is CCOc1ccc(NC(=O)COC(=O)COc2ccc(C#N)cc2)cc1OCC. The highest BCUT2D eigenvalue weighted by Crippen LogP contribution is 2.30. The summed E-state index contributed by atoms with van der Waals surface area (Å²) in [5.74, 6) is 0.330. The highest BCUT2D eigenvalue weighted by molar-refractivity contribution is 5.93. The molecule has 2 aromatic carbocycles. The second-order valence-corrected chi connectivity index (χ2v) is 5.66. The van der Waals surface area contributed by atoms with Crippen LogP contribution in [0.1, 0.15) is 19.4 Å². The van der Waals surface area contributed by atoms with E-state index in [0.29, 0.717) is 41.7 Å². The lowest BCUT2D eigenvalue weighted by Crippen LogP contribution is -2.23. The van der Waals surface area contributed by atoms with Crippen molar-refractivity contribution in [1.29, 1.82) is 5.26 Å². The standard InChI is InChI=1S/C21H22N2O6/c1-3-26-18-10-7-16(11-19(18)27-4-2)23-20(24)13-29-21(25)14-28-17-8-5-15(12-22)6-9-17/h5-11H,3-4,13-14H2,1-2H3,(H,23,24). The van der Waals surface area contributed by atoms with Gasteiger partial charge >= 0.3 is 5.97 Å². The molecule has 2 rings (SSSR count). The van der Waals surface area contributed by atoms with Crippen LogP contribution in [-0.2, 0) is 14.3 Å². The smallest absolute Gasteiger partial charge is 0.344 e. The van der Waals surface area contributed by atoms with Gasteiger partial charge in [-0.3, -0.25) is 4.79 Å². The monoisotopic (exact) mass is 398 g/mol. The minimum Gasteiger partial charge on any atom is -0.490 e. The van der Waals surface area contributed by atoms with E-state index < -0.39 is 18.5 Å². The summed E-state index contributed by atoms with van der Waals surface area (Å²) >= 11 is 0. The van der Waals surface area contributed by atoms with E-state index in [1.54, 1.807) is 42.5 Å². The van der Waals surface area contributed by atoms with Gasteiger partial charge < -0.3 is 24.3 Å². The van der Waals surface area contributed by atoms with Gasteiger partial charge in [-0.05, 0) is 50.2 Å². The van der Waals surface area contributed by atoms with Gasteiger partial charge in [0.15, 0.2) is 24.7 Å². The molecule has 0 bridgehead atoms. The molecule has 0 saturated heterocycles. The fourth-order valence-corrected chi connectivity index (χ4v) is 2.28. The third-order valence-corrected chi connectivity index (χ3v) is 3.53. The Morgan fingerprint density at radius 2 is 1.62 bits per heavy atom. The van der Waals surface area contributed by atoms with Crippen molar-refractivity contribution in [2.24, 2.45) is 0 Å². The van der Waals surface area contributed by atoms with E-state index in [1.165, 1.54) is 0 Å². The predicted molar refractivity (Wildman–Crippen MR) is 105 cm³/mol. The van der Waals surface area contributed by atoms with Crippen molar-refractivity contribution in [2.45, 2.75) is 13.8 Å². The first-order valence-electron chi connectivity index (χ1n) is 9.03. The molecule has 2 aromatic rings. The molecular weight excluding hydrogens is 376 g/mol. The molecule has 0 aromatic heterocycles. The molecule has 8 heteroatoms. The van der Waals surface area contributed by atoms with Crippen LogP contribution < -0.4 is 19.5 Å². The zero-order valence-corrected chi connectivity index (χ0v) is 16.3. The van der Waals surface area contributed by atoms with E-state index in [9.17, 15) is 9.59 Å². The van der Waals surface area contributed by atoms with Crippen molar-refractivity contribution >= 4 is 17.6 Å². The summed E-state index contributed by atoms with van der Waals surface area (Å²) in [7, 11) is 0. The lowest BCUT2D eigenvalue weighted by Gasteiger charge is -2.13. The van der Waals surface area contributed by atoms with Crippen LogP contribution >= 0.6 is 0 Å². The summed E-state index contributed by atoms with van der Waals surface area (Å²) in [6.07, 6.45) is 0. The van der Waals surface area contributed by atoms with E-state index >= 15 is 0 Å². The van der Waals surface area contributed by atoms with Gasteiger partial charge in [0.25, 0.3) is 5.91 Å². The molecule has 0 aliphatic rings. The Labute approximate surface area is 168 Å². The number of esters is 1. The average molecular weight is 398 g/mol. The predicted octanol–water partition coefficient (Wildman–Crippen LogP) is 2.92. The molecule has 0 spiro atoms. The van der Waals surface area contributed by atoms with Crippen molar-refractivity contribution < 1.29 is 28.5 Å². The molecular formula is C21H22N2O6. The maximum Gasteiger partial charge on any atom is 0.344 e. The van der Waals surface area contributed by atoms with Crippen molar-refractivity contribution in [1.82, 2.24) is 0 Å². The fraction of sp³-hybridized carbons (Fsp3) is 0.286. The lowest BCUT2D eigenvalue weighted by atomic mass is 10.2. The molecule has 1 N–H and O–H groups in total. The van der Waals surface area contributed by atoms with E-state index in [-0.39, 0.29) is 6.61 Å². The number of hydrogen-bond donors (Lipinski definition) is 1. The molecule has 152 valence electrons. The van der Waals surface area contributed by atoms with Crippen LogP contribution in [0, 0.1) is 11.3 Å². The first-order chi connectivity index (χ1) is 14.0. The van der Waals surface area contributed by atoms with Gasteiger partial charge in [0.1, 0.15) is 5.75 Å². The summed E-state index contributed by atoms with van der Waals surface area (Å²) in [6, 6.07) is 13.3. The molecule has 0 atom stereocenters. The Hall–Kier alpha value is -3.73. The van der Waals surface area contributed by atoms with Gasteiger partial charge in [-0.2, -0.15) is 5.26 Å². The number of nitriles is 1. The minimum atomic E-state index is -0.689. The van der Waals surface area contributed by atoms with Gasteiger partial charge in [0, 0.05) is 11.8 Å². The Balaban J connectivity index is 1.80. The zero-order chi connectivity index (χ0) is 21.1. The number of amides is 1. The topological polar surface area (TPSA) is 107 Å². The zero-order valence-electron chi connectivity index (χ0n) is 16.3. The maximum atomic E-state index is 12.0. The van der Waals surface area contributed by atoms with Crippen LogP contribution in [0.15, 0.2) is 42.5 Å². The van der Waals surface area contributed by atoms with E-state index in [4.69, 9.17) is 24.2 Å². The summed E-state index contributed by atoms with van der Waals surface area (Å²) in [5.41, 5.74) is 0.977. The molecule has 0 radical (unpaired) electrons. The summed E-state index contributed by atoms with van der Waals surface area (Å²) < 4.78 is 21.1. The van der Waals surface area contributed by atoms with Crippen molar-refractivity contribution in [3.63, 3.8) is 0 Å². The van der Waals surface area contributed by atoms with Crippen molar-refractivity contribution in [3.8, 4) is 23.3 Å². The molecule has 0 heterocycles. The Kier molecular flexibility index (Phi) is 8.32. The molecule has 1 amide bonds. The molecule has 0 fully saturated rings. The number of carbonyl (C=O) groups is 2. The molecule has 8 nitrogen and oxygen atoms in total. The highest BCUT2D eigenvalue weighted by Gasteiger charge is 2.11. The number of nitrogens with one attached hydrogen (secondary N) is 1. The maximum absolute atomic E-state index is 12.0. The Bertz CT molecular complexity index is 874. The highest BCUT2D eigenvalue weighted by atomic mass is 16.6. The second kappa shape index (κ2) is 11.2. The average Bonchev–Trinajstić information content (AvgIpc) is 2.73. The Morgan fingerprint density at radius 1 is 0.931 bits per heavy atom. The van der Waals surface area contributed by atoms with Crippen LogP contribution in [0.3, 0.4) is 0 Å². The van der Waals surface area contributed by atoms with E-state index in [2.05, 4.69) is 5.32 Å². The molecule has 0 unspecified atom stereocenters. The normalized spacial score (nSPS) is 9.83. The first-order valence-corrected chi connectivity index (χ1v) is 9.03. The lowest BCUT2D eigenvalue weighted by molar-refractivity contribution is -0.149. The quantitative estimate of drug-likeness (QED) is 0.613. The number of rotatable bonds is 10. The van der Waals surface area contributed by atoms with Crippen LogP contribution in [0.4, 0.5) is 5.69 Å². The fourth-order valence-electron chi connectivity index (χ4n) is 2.28. The number of ether oxygens (including phenoxy) is 4. The first kappa shape index (κ1) is 21.6. The van der Waals surface area contributed by atoms with Crippen LogP contribution in [0.5, 0.6) is 17.2 Å². The summed E-state index contributed by atoms with van der Waals surface area (Å²) in [5, 5.41) is 11.4. The van der Waals surface area contributed by atoms with Gasteiger partial charge in [0.2, 0.25) is 0 Å². The van der Waals surface area contributed by atoms with Crippen molar-refractivity contribution in [3.05, 3.63) is 48.0 Å². The van der Waals surface area contributed by atoms with Crippen molar-refractivity contribution in [2.75, 3.05) is 31.7 Å². The van der Waals surface area contributed by atoms with Crippen LogP contribution in [0.2, 0.25) is 0 Å². The third-order valence-electron chi connectivity index (χ3n) is 3.53. The number of carbonyl (C=O) groups excluding carboxylic acids is 2. The van der Waals surface area contributed by atoms with E-state index in [0.717, 1.165) is 0 Å². The molecule has 0 aliphatic carbocycles. The number of hydrogen-bond acceptors (Lipinski definition) is 7. The largest absolute Gasteiger partial charge is 0.490 e. The number of nitrogens with zero attached hydrogens (tertiary/aromatic N) is 1. The van der Waals surface area contributed by atoms with Crippen LogP contribution in [-0.4, -0.2) is 38.3 Å². The number of benzene rings is 2. The molecule has 29 heavy (non-hydrogen) atoms. The third kappa shape index (κ3) is 7.07. The van der Waals surface area contributed by atoms with Crippen LogP contribution in [0.25, 0.3) is 0 Å². The minimum absolute atomic E-state index is 0.350. The molecule has 0 saturated carbocycles. The van der Waals surface area contributed by atoms with Gasteiger partial charge in [-0.15, -0.1) is 0 Å². The summed E-state index contributed by atoms with van der Waals surface area (Å²) in [4.78, 5) is 23.7. The van der Waals surface area contributed by atoms with Gasteiger partial charge in [-0.1, -0.05) is 0 Å². The summed E-state index contributed by atoms with van der Waals surface area (Å²) in [6.45, 7) is 3.86. The number of anilines is 1. The van der Waals surface area contributed by atoms with Gasteiger partial charge in [-0.25, -0.2) is 4.79 Å².